The molecule has 0 fully saturated rings. The zero-order valence-electron chi connectivity index (χ0n) is 4.90. The second kappa shape index (κ2) is 15.7. The predicted molar refractivity (Wildman–Crippen MR) is 25.4 cm³/mol. The topological polar surface area (TPSA) is 66.1 Å². The van der Waals surface area contributed by atoms with Crippen molar-refractivity contribution in [3.8, 4) is 0 Å². The van der Waals surface area contributed by atoms with Crippen molar-refractivity contribution in [3.63, 3.8) is 0 Å². The fourth-order valence-electron chi connectivity index (χ4n) is 0. The average molecular weight is 212 g/mol. The maximum absolute atomic E-state index is 8.89. The van der Waals surface area contributed by atoms with Gasteiger partial charge in [0.2, 0.25) is 0 Å². The van der Waals surface area contributed by atoms with Crippen LogP contribution >= 0.6 is 0 Å². The Morgan fingerprint density at radius 2 is 1.75 bits per heavy atom. The summed E-state index contributed by atoms with van der Waals surface area (Å²) in [5, 5.41) is 8.89. The second-order valence-electron chi connectivity index (χ2n) is 0.900. The fourth-order valence-corrected chi connectivity index (χ4v) is 0. The molecule has 0 atom stereocenters. The van der Waals surface area contributed by atoms with Gasteiger partial charge in [0.1, 0.15) is 0 Å². The summed E-state index contributed by atoms with van der Waals surface area (Å²) in [5.74, 6) is -1.08. The Labute approximate surface area is 64.8 Å². The Morgan fingerprint density at radius 3 is 1.75 bits per heavy atom. The van der Waals surface area contributed by atoms with Crippen molar-refractivity contribution in [1.82, 2.24) is 0 Å². The van der Waals surface area contributed by atoms with Crippen LogP contribution in [0.2, 0.25) is 0 Å². The van der Waals surface area contributed by atoms with Gasteiger partial charge in [-0.25, -0.2) is 0 Å². The number of hydrogen-bond acceptors (Lipinski definition) is 3. The molecule has 0 aromatic carbocycles. The van der Waals surface area contributed by atoms with Gasteiger partial charge in [0.15, 0.2) is 0 Å². The minimum absolute atomic E-state index is 0. The van der Waals surface area contributed by atoms with Crippen LogP contribution in [0, 0.1) is 0 Å². The zero-order valence-corrected chi connectivity index (χ0v) is 6.38. The third kappa shape index (κ3) is 5690. The largest absolute Gasteiger partial charge is 1.00 e. The van der Waals surface area contributed by atoms with E-state index < -0.39 is 5.97 Å². The third-order valence-electron chi connectivity index (χ3n) is 0. The van der Waals surface area contributed by atoms with Crippen molar-refractivity contribution in [2.24, 2.45) is 5.73 Å². The van der Waals surface area contributed by atoms with Gasteiger partial charge in [-0.2, -0.15) is 0 Å². The quantitative estimate of drug-likeness (QED) is 0.508. The molecular formula is C4H10AgNO2. The molecule has 0 rings (SSSR count). The van der Waals surface area contributed by atoms with E-state index >= 15 is 0 Å². The molecule has 0 aliphatic rings. The van der Waals surface area contributed by atoms with Gasteiger partial charge in [0.05, 0.1) is 0 Å². The fraction of sp³-hybridized carbons (Fsp3) is 0.750. The molecule has 0 aromatic heterocycles. The summed E-state index contributed by atoms with van der Waals surface area (Å²) in [6.07, 6.45) is 0. The third-order valence-corrected chi connectivity index (χ3v) is 0. The van der Waals surface area contributed by atoms with E-state index in [0.717, 1.165) is 13.5 Å². The Morgan fingerprint density at radius 1 is 1.75 bits per heavy atom. The maximum atomic E-state index is 8.89. The van der Waals surface area contributed by atoms with Crippen LogP contribution in [0.15, 0.2) is 0 Å². The molecular weight excluding hydrogens is 202 g/mol. The summed E-state index contributed by atoms with van der Waals surface area (Å²) in [6.45, 7) is 3.62. The maximum Gasteiger partial charge on any atom is 1.00 e. The molecule has 0 saturated carbocycles. The number of carbonyl (C=O) groups excluding carboxylic acids is 1. The number of rotatable bonds is 0. The van der Waals surface area contributed by atoms with Gasteiger partial charge in [-0.05, 0) is 13.5 Å². The molecule has 0 bridgehead atoms. The van der Waals surface area contributed by atoms with Crippen molar-refractivity contribution in [3.05, 3.63) is 0 Å². The van der Waals surface area contributed by atoms with Crippen LogP contribution in [0.5, 0.6) is 0 Å². The first-order chi connectivity index (χ1) is 3.15. The number of aliphatic carboxylic acids is 1. The van der Waals surface area contributed by atoms with E-state index in [2.05, 4.69) is 0 Å². The van der Waals surface area contributed by atoms with E-state index in [0.29, 0.717) is 0 Å². The number of nitrogens with two attached hydrogens (primary N) is 1. The van der Waals surface area contributed by atoms with E-state index in [1.54, 1.807) is 0 Å². The van der Waals surface area contributed by atoms with Crippen LogP contribution in [0.3, 0.4) is 0 Å². The Balaban J connectivity index is -0.0000000575. The summed E-state index contributed by atoms with van der Waals surface area (Å²) >= 11 is 0. The van der Waals surface area contributed by atoms with E-state index in [1.807, 2.05) is 6.92 Å². The molecule has 0 amide bonds. The summed E-state index contributed by atoms with van der Waals surface area (Å²) in [4.78, 5) is 8.89. The molecule has 0 unspecified atom stereocenters. The molecule has 0 spiro atoms. The van der Waals surface area contributed by atoms with E-state index in [4.69, 9.17) is 15.6 Å². The van der Waals surface area contributed by atoms with Gasteiger partial charge < -0.3 is 15.6 Å². The Bertz CT molecular complexity index is 45.3. The van der Waals surface area contributed by atoms with Crippen LogP contribution < -0.4 is 10.8 Å². The summed E-state index contributed by atoms with van der Waals surface area (Å²) < 4.78 is 0. The number of carboxylic acids is 1. The van der Waals surface area contributed by atoms with Gasteiger partial charge in [0, 0.05) is 5.97 Å². The molecule has 0 saturated heterocycles. The van der Waals surface area contributed by atoms with Crippen LogP contribution in [-0.2, 0) is 27.2 Å². The molecule has 54 valence electrons. The first-order valence-corrected chi connectivity index (χ1v) is 2.02. The average Bonchev–Trinajstić information content (AvgIpc) is 1.33. The first-order valence-electron chi connectivity index (χ1n) is 2.02. The van der Waals surface area contributed by atoms with Crippen molar-refractivity contribution >= 4 is 5.97 Å². The Kier molecular flexibility index (Phi) is 30.8. The molecule has 0 radical (unpaired) electrons. The van der Waals surface area contributed by atoms with Crippen molar-refractivity contribution < 1.29 is 32.3 Å². The minimum atomic E-state index is -1.08. The Hall–Kier alpha value is 0.170. The number of carbonyl (C=O) groups is 1. The number of carboxylic acid groups (broad SMARTS) is 1. The molecule has 2 N–H and O–H groups in total. The smallest absolute Gasteiger partial charge is 0.550 e. The van der Waals surface area contributed by atoms with Gasteiger partial charge in [-0.15, -0.1) is 0 Å². The molecule has 8 heavy (non-hydrogen) atoms. The van der Waals surface area contributed by atoms with Crippen molar-refractivity contribution in [1.29, 1.82) is 0 Å². The summed E-state index contributed by atoms with van der Waals surface area (Å²) in [6, 6.07) is 0. The van der Waals surface area contributed by atoms with E-state index in [-0.39, 0.29) is 22.4 Å². The molecule has 0 aliphatic carbocycles. The SMILES string of the molecule is CC(=O)[O-].CCN.[Ag+]. The van der Waals surface area contributed by atoms with Gasteiger partial charge >= 0.3 is 22.4 Å². The van der Waals surface area contributed by atoms with Crippen LogP contribution in [0.1, 0.15) is 13.8 Å². The number of hydrogen-bond donors (Lipinski definition) is 1. The van der Waals surface area contributed by atoms with Crippen LogP contribution in [-0.4, -0.2) is 12.5 Å². The van der Waals surface area contributed by atoms with Crippen molar-refractivity contribution in [2.45, 2.75) is 13.8 Å². The second-order valence-corrected chi connectivity index (χ2v) is 0.900. The van der Waals surface area contributed by atoms with Crippen molar-refractivity contribution in [2.75, 3.05) is 6.54 Å². The monoisotopic (exact) mass is 211 g/mol. The van der Waals surface area contributed by atoms with E-state index in [1.165, 1.54) is 0 Å². The summed E-state index contributed by atoms with van der Waals surface area (Å²) in [5.41, 5.74) is 4.85. The molecule has 3 nitrogen and oxygen atoms in total. The normalized spacial score (nSPS) is 5.38. The predicted octanol–water partition coefficient (Wildman–Crippen LogP) is -1.28. The molecule has 0 aromatic rings. The van der Waals surface area contributed by atoms with Gasteiger partial charge in [-0.3, -0.25) is 0 Å². The van der Waals surface area contributed by atoms with E-state index in [9.17, 15) is 0 Å². The van der Waals surface area contributed by atoms with Gasteiger partial charge in [0.25, 0.3) is 0 Å². The zero-order chi connectivity index (χ0) is 6.28. The minimum Gasteiger partial charge on any atom is -0.550 e. The van der Waals surface area contributed by atoms with Gasteiger partial charge in [-0.1, -0.05) is 6.92 Å². The molecule has 0 aliphatic heterocycles. The first kappa shape index (κ1) is 15.7. The standard InChI is InChI=1S/C2H7N.C2H4O2.Ag/c1-2-3;1-2(3)4;/h2-3H2,1H3;1H3,(H,3,4);/q;;+1/p-1. The van der Waals surface area contributed by atoms with Crippen LogP contribution in [0.4, 0.5) is 0 Å². The van der Waals surface area contributed by atoms with Crippen LogP contribution in [0.25, 0.3) is 0 Å². The molecule has 4 heteroatoms. The summed E-state index contributed by atoms with van der Waals surface area (Å²) in [7, 11) is 0. The molecule has 0 heterocycles.